The molecule has 1 unspecified atom stereocenters. The zero-order valence-electron chi connectivity index (χ0n) is 13.6. The Balaban J connectivity index is 1.58. The Hall–Kier alpha value is -3.26. The molecule has 1 atom stereocenters. The summed E-state index contributed by atoms with van der Waals surface area (Å²) in [6.07, 6.45) is 0. The van der Waals surface area contributed by atoms with Gasteiger partial charge in [0.15, 0.2) is 5.66 Å². The van der Waals surface area contributed by atoms with Gasteiger partial charge in [-0.15, -0.1) is 0 Å². The molecular weight excluding hydrogens is 304 g/mol. The van der Waals surface area contributed by atoms with Crippen molar-refractivity contribution in [1.29, 1.82) is 0 Å². The highest BCUT2D eigenvalue weighted by Gasteiger charge is 2.65. The monoisotopic (exact) mass is 320 g/mol. The number of rotatable bonds is 3. The molecule has 1 N–H and O–H groups in total. The maximum Gasteiger partial charge on any atom is 0.171 e. The lowest BCUT2D eigenvalue weighted by atomic mass is 10.0. The van der Waals surface area contributed by atoms with E-state index in [1.807, 2.05) is 0 Å². The van der Waals surface area contributed by atoms with Crippen molar-refractivity contribution in [3.05, 3.63) is 102 Å². The summed E-state index contributed by atoms with van der Waals surface area (Å²) in [5.74, 6) is 0. The van der Waals surface area contributed by atoms with E-state index in [1.165, 1.54) is 39.0 Å². The molecule has 2 aliphatic rings. The Bertz CT molecular complexity index is 1080. The lowest BCUT2D eigenvalue weighted by Gasteiger charge is -2.40. The molecule has 0 fully saturated rings. The SMILES string of the molecule is c1ccc(N(c2ccccc2)C23Nc4c2c3cc2ccccc42)cc1. The van der Waals surface area contributed by atoms with E-state index < -0.39 is 0 Å². The first-order chi connectivity index (χ1) is 12.4. The van der Waals surface area contributed by atoms with E-state index in [4.69, 9.17) is 0 Å². The van der Waals surface area contributed by atoms with Crippen LogP contribution in [0.25, 0.3) is 10.8 Å². The molecule has 0 radical (unpaired) electrons. The zero-order valence-corrected chi connectivity index (χ0v) is 13.6. The van der Waals surface area contributed by atoms with Crippen LogP contribution in [0.15, 0.2) is 91.0 Å². The lowest BCUT2D eigenvalue weighted by Crippen LogP contribution is -2.43. The van der Waals surface area contributed by atoms with Crippen molar-refractivity contribution in [3.8, 4) is 0 Å². The molecule has 0 saturated heterocycles. The molecule has 25 heavy (non-hydrogen) atoms. The Morgan fingerprint density at radius 1 is 0.680 bits per heavy atom. The van der Waals surface area contributed by atoms with Crippen LogP contribution in [-0.4, -0.2) is 0 Å². The summed E-state index contributed by atoms with van der Waals surface area (Å²) in [7, 11) is 0. The third-order valence-electron chi connectivity index (χ3n) is 5.41. The molecule has 4 aromatic carbocycles. The van der Waals surface area contributed by atoms with Gasteiger partial charge in [-0.3, -0.25) is 0 Å². The van der Waals surface area contributed by atoms with Crippen LogP contribution in [-0.2, 0) is 5.66 Å². The van der Waals surface area contributed by atoms with Gasteiger partial charge < -0.3 is 10.2 Å². The molecule has 6 rings (SSSR count). The lowest BCUT2D eigenvalue weighted by molar-refractivity contribution is 0.694. The first kappa shape index (κ1) is 13.1. The largest absolute Gasteiger partial charge is 0.354 e. The standard InChI is InChI=1S/C23H16N2/c1-3-10-17(11-4-1)25(18-12-5-2-6-13-18)23-20-15-16-9-7-8-14-19(16)22(24-23)21(20)23/h1-15,24H. The fourth-order valence-electron chi connectivity index (χ4n) is 4.28. The molecule has 0 amide bonds. The quantitative estimate of drug-likeness (QED) is 0.527. The molecule has 2 nitrogen and oxygen atoms in total. The first-order valence-electron chi connectivity index (χ1n) is 8.65. The van der Waals surface area contributed by atoms with Crippen LogP contribution >= 0.6 is 0 Å². The van der Waals surface area contributed by atoms with E-state index in [0.717, 1.165) is 0 Å². The summed E-state index contributed by atoms with van der Waals surface area (Å²) in [6, 6.07) is 32.2. The minimum absolute atomic E-state index is 0.183. The summed E-state index contributed by atoms with van der Waals surface area (Å²) in [5.41, 5.74) is 6.36. The minimum Gasteiger partial charge on any atom is -0.354 e. The van der Waals surface area contributed by atoms with Crippen molar-refractivity contribution in [2.24, 2.45) is 0 Å². The number of hydrogen-bond acceptors (Lipinski definition) is 2. The van der Waals surface area contributed by atoms with Crippen LogP contribution in [0.1, 0.15) is 11.1 Å². The third kappa shape index (κ3) is 1.54. The second-order valence-corrected chi connectivity index (χ2v) is 6.74. The highest BCUT2D eigenvalue weighted by atomic mass is 15.4. The van der Waals surface area contributed by atoms with Gasteiger partial charge in [0.1, 0.15) is 0 Å². The third-order valence-corrected chi connectivity index (χ3v) is 5.41. The number of nitrogens with one attached hydrogen (secondary N) is 1. The topological polar surface area (TPSA) is 15.3 Å². The number of anilines is 3. The molecule has 2 heteroatoms. The molecule has 0 saturated carbocycles. The fraction of sp³-hybridized carbons (Fsp3) is 0.0435. The van der Waals surface area contributed by atoms with Crippen LogP contribution in [0.3, 0.4) is 0 Å². The summed E-state index contributed by atoms with van der Waals surface area (Å²) in [4.78, 5) is 2.42. The number of fused-ring (bicyclic) bond motifs is 3. The van der Waals surface area contributed by atoms with Gasteiger partial charge in [-0.1, -0.05) is 60.7 Å². The summed E-state index contributed by atoms with van der Waals surface area (Å²) >= 11 is 0. The summed E-state index contributed by atoms with van der Waals surface area (Å²) in [5, 5.41) is 6.41. The van der Waals surface area contributed by atoms with E-state index in [2.05, 4.69) is 101 Å². The molecule has 4 aromatic rings. The molecular formula is C23H16N2. The number of hydrogen-bond donors (Lipinski definition) is 1. The summed E-state index contributed by atoms with van der Waals surface area (Å²) < 4.78 is 0. The molecule has 0 spiro atoms. The summed E-state index contributed by atoms with van der Waals surface area (Å²) in [6.45, 7) is 0. The van der Waals surface area contributed by atoms with Crippen molar-refractivity contribution >= 4 is 27.8 Å². The average Bonchev–Trinajstić information content (AvgIpc) is 3.23. The maximum absolute atomic E-state index is 3.78. The van der Waals surface area contributed by atoms with Gasteiger partial charge in [0.2, 0.25) is 0 Å². The molecule has 0 bridgehead atoms. The molecule has 1 aliphatic carbocycles. The average molecular weight is 320 g/mol. The normalized spacial score (nSPS) is 18.9. The van der Waals surface area contributed by atoms with Crippen molar-refractivity contribution in [3.63, 3.8) is 0 Å². The van der Waals surface area contributed by atoms with Gasteiger partial charge in [0.05, 0.1) is 5.69 Å². The van der Waals surface area contributed by atoms with E-state index in [9.17, 15) is 0 Å². The second-order valence-electron chi connectivity index (χ2n) is 6.74. The van der Waals surface area contributed by atoms with Gasteiger partial charge in [0.25, 0.3) is 0 Å². The van der Waals surface area contributed by atoms with Crippen molar-refractivity contribution < 1.29 is 0 Å². The van der Waals surface area contributed by atoms with E-state index in [-0.39, 0.29) is 5.66 Å². The Morgan fingerprint density at radius 3 is 1.96 bits per heavy atom. The van der Waals surface area contributed by atoms with Gasteiger partial charge in [0, 0.05) is 27.9 Å². The molecule has 118 valence electrons. The Morgan fingerprint density at radius 2 is 1.28 bits per heavy atom. The second kappa shape index (κ2) is 4.42. The van der Waals surface area contributed by atoms with Crippen molar-refractivity contribution in [2.75, 3.05) is 10.2 Å². The predicted molar refractivity (Wildman–Crippen MR) is 103 cm³/mol. The smallest absolute Gasteiger partial charge is 0.171 e. The van der Waals surface area contributed by atoms with E-state index in [1.54, 1.807) is 0 Å². The van der Waals surface area contributed by atoms with Crippen LogP contribution in [0.2, 0.25) is 0 Å². The van der Waals surface area contributed by atoms with Gasteiger partial charge in [-0.05, 0) is 35.7 Å². The molecule has 1 aliphatic heterocycles. The highest BCUT2D eigenvalue weighted by molar-refractivity contribution is 6.09. The number of nitrogens with zero attached hydrogens (tertiary/aromatic N) is 1. The van der Waals surface area contributed by atoms with Crippen LogP contribution in [0.5, 0.6) is 0 Å². The first-order valence-corrected chi connectivity index (χ1v) is 8.65. The Kier molecular flexibility index (Phi) is 2.31. The number of para-hydroxylation sites is 2. The fourth-order valence-corrected chi connectivity index (χ4v) is 4.28. The molecule has 0 aromatic heterocycles. The van der Waals surface area contributed by atoms with E-state index >= 15 is 0 Å². The van der Waals surface area contributed by atoms with Crippen molar-refractivity contribution in [1.82, 2.24) is 0 Å². The van der Waals surface area contributed by atoms with Crippen LogP contribution < -0.4 is 10.2 Å². The van der Waals surface area contributed by atoms with Crippen LogP contribution in [0, 0.1) is 0 Å². The maximum atomic E-state index is 3.78. The van der Waals surface area contributed by atoms with Gasteiger partial charge >= 0.3 is 0 Å². The molecule has 1 heterocycles. The minimum atomic E-state index is -0.183. The van der Waals surface area contributed by atoms with Crippen molar-refractivity contribution in [2.45, 2.75) is 5.66 Å². The van der Waals surface area contributed by atoms with Gasteiger partial charge in [-0.2, -0.15) is 0 Å². The Labute approximate surface area is 146 Å². The highest BCUT2D eigenvalue weighted by Crippen LogP contribution is 2.68. The van der Waals surface area contributed by atoms with Crippen LogP contribution in [0.4, 0.5) is 17.1 Å². The zero-order chi connectivity index (χ0) is 16.4. The van der Waals surface area contributed by atoms with Gasteiger partial charge in [-0.25, -0.2) is 0 Å². The number of benzene rings is 4. The van der Waals surface area contributed by atoms with E-state index in [0.29, 0.717) is 0 Å². The predicted octanol–water partition coefficient (Wildman–Crippen LogP) is 5.62.